The SMILES string of the molecule is C=C(C)C(=O)Oc1ccc(-c2ccc(Cc3ccc(-c4ccc(OC(=O)C(=C)C)c(F)c4)cc3)cc2)cc1F. The maximum atomic E-state index is 14.5. The first-order chi connectivity index (χ1) is 18.6. The van der Waals surface area contributed by atoms with E-state index in [4.69, 9.17) is 9.47 Å². The highest BCUT2D eigenvalue weighted by Gasteiger charge is 2.13. The van der Waals surface area contributed by atoms with Gasteiger partial charge >= 0.3 is 11.9 Å². The first kappa shape index (κ1) is 27.2. The Kier molecular flexibility index (Phi) is 8.15. The lowest BCUT2D eigenvalue weighted by Gasteiger charge is -2.09. The highest BCUT2D eigenvalue weighted by molar-refractivity contribution is 5.89. The monoisotopic (exact) mass is 524 g/mol. The second-order valence-corrected chi connectivity index (χ2v) is 9.20. The van der Waals surface area contributed by atoms with Crippen molar-refractivity contribution in [2.24, 2.45) is 0 Å². The molecule has 0 N–H and O–H groups in total. The number of carbonyl (C=O) groups excluding carboxylic acids is 2. The van der Waals surface area contributed by atoms with Crippen molar-refractivity contribution in [1.82, 2.24) is 0 Å². The van der Waals surface area contributed by atoms with Gasteiger partial charge in [-0.25, -0.2) is 18.4 Å². The number of ether oxygens (including phenoxy) is 2. The molecule has 0 saturated carbocycles. The van der Waals surface area contributed by atoms with Gasteiger partial charge in [0.15, 0.2) is 23.1 Å². The average Bonchev–Trinajstić information content (AvgIpc) is 2.91. The van der Waals surface area contributed by atoms with Crippen molar-refractivity contribution in [2.75, 3.05) is 0 Å². The van der Waals surface area contributed by atoms with Gasteiger partial charge in [0.05, 0.1) is 0 Å². The Bertz CT molecular complexity index is 1450. The number of hydrogen-bond donors (Lipinski definition) is 0. The number of carbonyl (C=O) groups is 2. The average molecular weight is 525 g/mol. The molecule has 4 aromatic rings. The second kappa shape index (κ2) is 11.7. The largest absolute Gasteiger partial charge is 0.420 e. The third-order valence-electron chi connectivity index (χ3n) is 5.95. The van der Waals surface area contributed by atoms with Gasteiger partial charge in [-0.2, -0.15) is 0 Å². The molecule has 4 nitrogen and oxygen atoms in total. The lowest BCUT2D eigenvalue weighted by atomic mass is 9.98. The van der Waals surface area contributed by atoms with Crippen LogP contribution in [0, 0.1) is 11.6 Å². The number of rotatable bonds is 8. The Hall–Kier alpha value is -4.84. The molecular weight excluding hydrogens is 498 g/mol. The second-order valence-electron chi connectivity index (χ2n) is 9.20. The van der Waals surface area contributed by atoms with Gasteiger partial charge in [0.2, 0.25) is 0 Å². The zero-order valence-corrected chi connectivity index (χ0v) is 21.6. The number of esters is 2. The maximum Gasteiger partial charge on any atom is 0.338 e. The predicted octanol–water partition coefficient (Wildman–Crippen LogP) is 7.85. The fraction of sp³-hybridized carbons (Fsp3) is 0.0909. The molecule has 0 heterocycles. The highest BCUT2D eigenvalue weighted by Crippen LogP contribution is 2.29. The van der Waals surface area contributed by atoms with Gasteiger partial charge in [-0.3, -0.25) is 0 Å². The summed E-state index contributed by atoms with van der Waals surface area (Å²) < 4.78 is 38.9. The first-order valence-corrected chi connectivity index (χ1v) is 12.1. The van der Waals surface area contributed by atoms with Crippen molar-refractivity contribution in [3.8, 4) is 33.8 Å². The summed E-state index contributed by atoms with van der Waals surface area (Å²) >= 11 is 0. The van der Waals surface area contributed by atoms with E-state index in [0.29, 0.717) is 17.5 Å². The zero-order valence-electron chi connectivity index (χ0n) is 21.6. The lowest BCUT2D eigenvalue weighted by Crippen LogP contribution is -2.09. The van der Waals surface area contributed by atoms with E-state index in [2.05, 4.69) is 13.2 Å². The van der Waals surface area contributed by atoms with Crippen molar-refractivity contribution < 1.29 is 27.8 Å². The first-order valence-electron chi connectivity index (χ1n) is 12.1. The smallest absolute Gasteiger partial charge is 0.338 e. The molecule has 0 aromatic heterocycles. The molecular formula is C33H26F2O4. The number of hydrogen-bond acceptors (Lipinski definition) is 4. The Balaban J connectivity index is 1.42. The molecule has 0 atom stereocenters. The molecule has 0 bridgehead atoms. The summed E-state index contributed by atoms with van der Waals surface area (Å²) in [7, 11) is 0. The van der Waals surface area contributed by atoms with Crippen LogP contribution < -0.4 is 9.47 Å². The molecule has 0 spiro atoms. The van der Waals surface area contributed by atoms with Gasteiger partial charge in [-0.1, -0.05) is 73.8 Å². The van der Waals surface area contributed by atoms with Crippen LogP contribution in [0.15, 0.2) is 109 Å². The Morgan fingerprint density at radius 3 is 1.23 bits per heavy atom. The zero-order chi connectivity index (χ0) is 28.1. The molecule has 0 aliphatic carbocycles. The fourth-order valence-corrected chi connectivity index (χ4v) is 3.77. The molecule has 0 radical (unpaired) electrons. The van der Waals surface area contributed by atoms with Crippen LogP contribution in [0.5, 0.6) is 11.5 Å². The quantitative estimate of drug-likeness (QED) is 0.134. The Morgan fingerprint density at radius 2 is 0.923 bits per heavy atom. The van der Waals surface area contributed by atoms with Crippen molar-refractivity contribution in [3.05, 3.63) is 132 Å². The van der Waals surface area contributed by atoms with Gasteiger partial charge in [0, 0.05) is 11.1 Å². The Labute approximate surface area is 225 Å². The topological polar surface area (TPSA) is 52.6 Å². The normalized spacial score (nSPS) is 10.6. The molecule has 0 unspecified atom stereocenters. The predicted molar refractivity (Wildman–Crippen MR) is 147 cm³/mol. The van der Waals surface area contributed by atoms with E-state index in [1.165, 1.54) is 38.1 Å². The van der Waals surface area contributed by atoms with E-state index in [1.807, 2.05) is 48.5 Å². The van der Waals surface area contributed by atoms with Crippen molar-refractivity contribution in [3.63, 3.8) is 0 Å². The lowest BCUT2D eigenvalue weighted by molar-refractivity contribution is -0.131. The third kappa shape index (κ3) is 6.73. The molecule has 39 heavy (non-hydrogen) atoms. The number of halogens is 2. The maximum absolute atomic E-state index is 14.5. The molecule has 4 aromatic carbocycles. The molecule has 6 heteroatoms. The van der Waals surface area contributed by atoms with Crippen molar-refractivity contribution >= 4 is 11.9 Å². The summed E-state index contributed by atoms with van der Waals surface area (Å²) in [5, 5.41) is 0. The van der Waals surface area contributed by atoms with Crippen molar-refractivity contribution in [1.29, 1.82) is 0 Å². The minimum atomic E-state index is -0.675. The van der Waals surface area contributed by atoms with E-state index < -0.39 is 23.6 Å². The van der Waals surface area contributed by atoms with Crippen LogP contribution in [0.25, 0.3) is 22.3 Å². The molecule has 0 amide bonds. The van der Waals surface area contributed by atoms with Crippen molar-refractivity contribution in [2.45, 2.75) is 20.3 Å². The minimum absolute atomic E-state index is 0.142. The summed E-state index contributed by atoms with van der Waals surface area (Å²) in [5.74, 6) is -2.90. The standard InChI is InChI=1S/C33H26F2O4/c1-20(2)32(36)38-30-15-13-26(18-28(30)34)24-9-5-22(6-10-24)17-23-7-11-25(12-8-23)27-14-16-31(29(35)19-27)39-33(37)21(3)4/h5-16,18-19H,1,3,17H2,2,4H3. The van der Waals surface area contributed by atoms with Crippen LogP contribution in [0.2, 0.25) is 0 Å². The van der Waals surface area contributed by atoms with E-state index >= 15 is 0 Å². The van der Waals surface area contributed by atoms with Crippen LogP contribution >= 0.6 is 0 Å². The Morgan fingerprint density at radius 1 is 0.590 bits per heavy atom. The van der Waals surface area contributed by atoms with E-state index in [0.717, 1.165) is 22.3 Å². The van der Waals surface area contributed by atoms with Gasteiger partial charge in [-0.05, 0) is 77.9 Å². The van der Waals surface area contributed by atoms with E-state index in [9.17, 15) is 18.4 Å². The van der Waals surface area contributed by atoms with Crippen LogP contribution in [-0.2, 0) is 16.0 Å². The van der Waals surface area contributed by atoms with Crippen LogP contribution in [0.3, 0.4) is 0 Å². The summed E-state index contributed by atoms with van der Waals surface area (Å²) in [6.07, 6.45) is 0.675. The summed E-state index contributed by atoms with van der Waals surface area (Å²) in [4.78, 5) is 23.3. The molecule has 0 saturated heterocycles. The number of benzene rings is 4. The van der Waals surface area contributed by atoms with E-state index in [1.54, 1.807) is 12.1 Å². The molecule has 0 aliphatic rings. The van der Waals surface area contributed by atoms with Gasteiger partial charge in [-0.15, -0.1) is 0 Å². The fourth-order valence-electron chi connectivity index (χ4n) is 3.77. The molecule has 4 rings (SSSR count). The summed E-state index contributed by atoms with van der Waals surface area (Å²) in [6.45, 7) is 9.98. The van der Waals surface area contributed by atoms with Crippen LogP contribution in [0.4, 0.5) is 8.78 Å². The summed E-state index contributed by atoms with van der Waals surface area (Å²) in [6, 6.07) is 24.4. The molecule has 0 fully saturated rings. The van der Waals surface area contributed by atoms with Gasteiger partial charge < -0.3 is 9.47 Å². The minimum Gasteiger partial charge on any atom is -0.420 e. The van der Waals surface area contributed by atoms with Gasteiger partial charge in [0.1, 0.15) is 0 Å². The van der Waals surface area contributed by atoms with Crippen LogP contribution in [-0.4, -0.2) is 11.9 Å². The highest BCUT2D eigenvalue weighted by atomic mass is 19.1. The molecule has 0 aliphatic heterocycles. The summed E-state index contributed by atoms with van der Waals surface area (Å²) in [5.41, 5.74) is 5.47. The van der Waals surface area contributed by atoms with E-state index in [-0.39, 0.29) is 22.6 Å². The molecule has 196 valence electrons. The van der Waals surface area contributed by atoms with Crippen LogP contribution in [0.1, 0.15) is 25.0 Å². The van der Waals surface area contributed by atoms with Gasteiger partial charge in [0.25, 0.3) is 0 Å². The third-order valence-corrected chi connectivity index (χ3v) is 5.95.